The van der Waals surface area contributed by atoms with Gasteiger partial charge in [0.05, 0.1) is 31.0 Å². The van der Waals surface area contributed by atoms with Crippen molar-refractivity contribution >= 4 is 17.9 Å². The fourth-order valence-electron chi connectivity index (χ4n) is 3.07. The van der Waals surface area contributed by atoms with Gasteiger partial charge in [0.25, 0.3) is 0 Å². The Hall–Kier alpha value is -1.59. The van der Waals surface area contributed by atoms with Crippen molar-refractivity contribution in [1.82, 2.24) is 0 Å². The fourth-order valence-corrected chi connectivity index (χ4v) is 3.07. The van der Waals surface area contributed by atoms with Gasteiger partial charge in [-0.15, -0.1) is 0 Å². The van der Waals surface area contributed by atoms with E-state index in [-0.39, 0.29) is 13.2 Å². The highest BCUT2D eigenvalue weighted by Crippen LogP contribution is 2.37. The van der Waals surface area contributed by atoms with E-state index >= 15 is 0 Å². The Bertz CT molecular complexity index is 423. The second kappa shape index (κ2) is 10.4. The number of hydrogen-bond acceptors (Lipinski definition) is 5. The predicted molar refractivity (Wildman–Crippen MR) is 92.8 cm³/mol. The van der Waals surface area contributed by atoms with Crippen LogP contribution in [0.3, 0.4) is 0 Å². The van der Waals surface area contributed by atoms with Crippen molar-refractivity contribution in [3.63, 3.8) is 0 Å². The molecule has 6 heteroatoms. The number of carboxylic acid groups (broad SMARTS) is 1. The van der Waals surface area contributed by atoms with Gasteiger partial charge in [-0.2, -0.15) is 0 Å². The Morgan fingerprint density at radius 2 is 1.28 bits per heavy atom. The summed E-state index contributed by atoms with van der Waals surface area (Å²) in [5.74, 6) is -3.96. The molecule has 0 spiro atoms. The van der Waals surface area contributed by atoms with Crippen LogP contribution in [0.25, 0.3) is 0 Å². The normalized spacial score (nSPS) is 23.5. The van der Waals surface area contributed by atoms with Crippen LogP contribution in [-0.4, -0.2) is 36.2 Å². The summed E-state index contributed by atoms with van der Waals surface area (Å²) in [6.45, 7) is 8.66. The van der Waals surface area contributed by atoms with Crippen molar-refractivity contribution < 1.29 is 29.0 Å². The lowest BCUT2D eigenvalue weighted by atomic mass is 9.72. The maximum absolute atomic E-state index is 12.3. The molecule has 0 heterocycles. The van der Waals surface area contributed by atoms with E-state index in [2.05, 4.69) is 0 Å². The first-order chi connectivity index (χ1) is 11.7. The highest BCUT2D eigenvalue weighted by molar-refractivity contribution is 5.86. The van der Waals surface area contributed by atoms with Crippen molar-refractivity contribution in [2.45, 2.75) is 59.8 Å². The van der Waals surface area contributed by atoms with Gasteiger partial charge in [0.2, 0.25) is 0 Å². The summed E-state index contributed by atoms with van der Waals surface area (Å²) in [5.41, 5.74) is 0. The molecule has 0 aliphatic heterocycles. The molecule has 0 radical (unpaired) electrons. The number of aliphatic carboxylic acids is 1. The van der Waals surface area contributed by atoms with E-state index in [1.165, 1.54) is 0 Å². The highest BCUT2D eigenvalue weighted by atomic mass is 16.5. The van der Waals surface area contributed by atoms with E-state index in [0.29, 0.717) is 31.1 Å². The SMILES string of the molecule is CC(C)CCOC(=O)C1CCCC(C(=O)OCCC(C)C)C1C(=O)O. The van der Waals surface area contributed by atoms with Crippen LogP contribution in [0.5, 0.6) is 0 Å². The number of hydrogen-bond donors (Lipinski definition) is 1. The summed E-state index contributed by atoms with van der Waals surface area (Å²) in [7, 11) is 0. The van der Waals surface area contributed by atoms with Crippen molar-refractivity contribution in [3.8, 4) is 0 Å². The Labute approximate surface area is 150 Å². The first kappa shape index (κ1) is 21.5. The number of carboxylic acids is 1. The number of carbonyl (C=O) groups is 3. The lowest BCUT2D eigenvalue weighted by Crippen LogP contribution is -2.43. The fraction of sp³-hybridized carbons (Fsp3) is 0.842. The van der Waals surface area contributed by atoms with E-state index in [4.69, 9.17) is 9.47 Å². The molecule has 144 valence electrons. The van der Waals surface area contributed by atoms with Crippen LogP contribution in [0.15, 0.2) is 0 Å². The molecule has 0 aromatic heterocycles. The lowest BCUT2D eigenvalue weighted by Gasteiger charge is -2.32. The first-order valence-corrected chi connectivity index (χ1v) is 9.30. The summed E-state index contributed by atoms with van der Waals surface area (Å²) in [6, 6.07) is 0. The standard InChI is InChI=1S/C19H32O6/c1-12(2)8-10-24-18(22)14-6-5-7-15(16(14)17(20)21)19(23)25-11-9-13(3)4/h12-16H,5-11H2,1-4H3,(H,20,21). The van der Waals surface area contributed by atoms with Crippen LogP contribution in [0.2, 0.25) is 0 Å². The summed E-state index contributed by atoms with van der Waals surface area (Å²) in [6.07, 6.45) is 2.96. The van der Waals surface area contributed by atoms with Gasteiger partial charge in [-0.1, -0.05) is 34.1 Å². The molecule has 0 bridgehead atoms. The molecule has 0 amide bonds. The van der Waals surface area contributed by atoms with Crippen molar-refractivity contribution in [2.24, 2.45) is 29.6 Å². The molecular formula is C19H32O6. The quantitative estimate of drug-likeness (QED) is 0.638. The average molecular weight is 356 g/mol. The van der Waals surface area contributed by atoms with E-state index in [1.807, 2.05) is 27.7 Å². The minimum Gasteiger partial charge on any atom is -0.481 e. The molecule has 1 aliphatic rings. The topological polar surface area (TPSA) is 89.9 Å². The largest absolute Gasteiger partial charge is 0.481 e. The first-order valence-electron chi connectivity index (χ1n) is 9.30. The number of carbonyl (C=O) groups excluding carboxylic acids is 2. The zero-order valence-corrected chi connectivity index (χ0v) is 15.8. The average Bonchev–Trinajstić information content (AvgIpc) is 2.53. The van der Waals surface area contributed by atoms with Gasteiger partial charge in [-0.25, -0.2) is 0 Å². The van der Waals surface area contributed by atoms with E-state index in [0.717, 1.165) is 12.8 Å². The Balaban J connectivity index is 2.71. The summed E-state index contributed by atoms with van der Waals surface area (Å²) >= 11 is 0. The maximum atomic E-state index is 12.3. The molecule has 0 saturated heterocycles. The molecule has 0 aromatic rings. The third-order valence-corrected chi connectivity index (χ3v) is 4.67. The Morgan fingerprint density at radius 3 is 1.60 bits per heavy atom. The lowest BCUT2D eigenvalue weighted by molar-refractivity contribution is -0.169. The summed E-state index contributed by atoms with van der Waals surface area (Å²) in [4.78, 5) is 36.4. The molecule has 1 N–H and O–H groups in total. The van der Waals surface area contributed by atoms with E-state index < -0.39 is 35.7 Å². The molecule has 1 rings (SSSR count). The molecule has 1 aliphatic carbocycles. The van der Waals surface area contributed by atoms with E-state index in [1.54, 1.807) is 0 Å². The van der Waals surface area contributed by atoms with Crippen LogP contribution in [0.4, 0.5) is 0 Å². The van der Waals surface area contributed by atoms with Crippen molar-refractivity contribution in [1.29, 1.82) is 0 Å². The minimum atomic E-state index is -1.13. The second-order valence-corrected chi connectivity index (χ2v) is 7.71. The number of ether oxygens (including phenoxy) is 2. The highest BCUT2D eigenvalue weighted by Gasteiger charge is 2.46. The zero-order valence-electron chi connectivity index (χ0n) is 15.8. The van der Waals surface area contributed by atoms with Gasteiger partial charge in [-0.3, -0.25) is 14.4 Å². The van der Waals surface area contributed by atoms with Gasteiger partial charge in [0, 0.05) is 0 Å². The monoisotopic (exact) mass is 356 g/mol. The van der Waals surface area contributed by atoms with E-state index in [9.17, 15) is 19.5 Å². The molecule has 0 aromatic carbocycles. The maximum Gasteiger partial charge on any atom is 0.309 e. The Morgan fingerprint density at radius 1 is 0.880 bits per heavy atom. The van der Waals surface area contributed by atoms with Crippen LogP contribution < -0.4 is 0 Å². The predicted octanol–water partition coefficient (Wildman–Crippen LogP) is 3.28. The number of rotatable bonds is 9. The second-order valence-electron chi connectivity index (χ2n) is 7.71. The summed E-state index contributed by atoms with van der Waals surface area (Å²) < 4.78 is 10.5. The molecule has 1 fully saturated rings. The third-order valence-electron chi connectivity index (χ3n) is 4.67. The number of esters is 2. The summed E-state index contributed by atoms with van der Waals surface area (Å²) in [5, 5.41) is 9.59. The van der Waals surface area contributed by atoms with Crippen LogP contribution in [-0.2, 0) is 23.9 Å². The van der Waals surface area contributed by atoms with Crippen LogP contribution in [0, 0.1) is 29.6 Å². The molecule has 1 saturated carbocycles. The van der Waals surface area contributed by atoms with Gasteiger partial charge in [-0.05, 0) is 37.5 Å². The van der Waals surface area contributed by atoms with Crippen molar-refractivity contribution in [2.75, 3.05) is 13.2 Å². The molecule has 2 atom stereocenters. The minimum absolute atomic E-state index is 0.281. The Kier molecular flexibility index (Phi) is 8.93. The molecule has 6 nitrogen and oxygen atoms in total. The van der Waals surface area contributed by atoms with Gasteiger partial charge >= 0.3 is 17.9 Å². The third kappa shape index (κ3) is 7.04. The van der Waals surface area contributed by atoms with Crippen LogP contribution >= 0.6 is 0 Å². The van der Waals surface area contributed by atoms with Gasteiger partial charge < -0.3 is 14.6 Å². The van der Waals surface area contributed by atoms with Crippen LogP contribution in [0.1, 0.15) is 59.8 Å². The van der Waals surface area contributed by atoms with Gasteiger partial charge in [0.1, 0.15) is 0 Å². The molecule has 2 unspecified atom stereocenters. The molecular weight excluding hydrogens is 324 g/mol. The smallest absolute Gasteiger partial charge is 0.309 e. The van der Waals surface area contributed by atoms with Gasteiger partial charge in [0.15, 0.2) is 0 Å². The molecule has 25 heavy (non-hydrogen) atoms. The zero-order chi connectivity index (χ0) is 19.0. The van der Waals surface area contributed by atoms with Crippen molar-refractivity contribution in [3.05, 3.63) is 0 Å².